The van der Waals surface area contributed by atoms with Crippen LogP contribution in [-0.2, 0) is 9.53 Å². The van der Waals surface area contributed by atoms with Crippen molar-refractivity contribution in [2.24, 2.45) is 0 Å². The third-order valence-electron chi connectivity index (χ3n) is 1.10. The number of aldehydes is 1. The minimum atomic E-state index is -0.319. The normalized spacial score (nSPS) is 12.3. The number of methoxy groups -OCH3 is 1. The van der Waals surface area contributed by atoms with Crippen LogP contribution >= 0.6 is 0 Å². The van der Waals surface area contributed by atoms with Gasteiger partial charge in [-0.05, 0) is 19.9 Å². The smallest absolute Gasteiger partial charge is 0.142 e. The lowest BCUT2D eigenvalue weighted by Crippen LogP contribution is -2.18. The maximum absolute atomic E-state index is 9.83. The van der Waals surface area contributed by atoms with Crippen LogP contribution < -0.4 is 0 Å². The van der Waals surface area contributed by atoms with Crippen molar-refractivity contribution in [2.75, 3.05) is 7.11 Å². The average Bonchev–Trinajstić information content (AvgIpc) is 1.84. The van der Waals surface area contributed by atoms with E-state index in [2.05, 4.69) is 0 Å². The molecule has 0 aromatic heterocycles. The summed E-state index contributed by atoms with van der Waals surface area (Å²) >= 11 is 0. The Morgan fingerprint density at radius 1 is 1.44 bits per heavy atom. The summed E-state index contributed by atoms with van der Waals surface area (Å²) < 4.78 is 4.99. The summed E-state index contributed by atoms with van der Waals surface area (Å²) in [6.45, 7) is 3.76. The number of allylic oxidation sites excluding steroid dienone is 1. The van der Waals surface area contributed by atoms with E-state index < -0.39 is 0 Å². The summed E-state index contributed by atoms with van der Waals surface area (Å²) in [6, 6.07) is 0. The van der Waals surface area contributed by atoms with Crippen molar-refractivity contribution in [1.29, 1.82) is 0 Å². The van der Waals surface area contributed by atoms with Crippen molar-refractivity contribution in [3.8, 4) is 0 Å². The second-order valence-electron chi connectivity index (χ2n) is 2.30. The Morgan fingerprint density at radius 3 is 2.33 bits per heavy atom. The first-order valence-corrected chi connectivity index (χ1v) is 2.80. The van der Waals surface area contributed by atoms with Crippen molar-refractivity contribution >= 4 is 6.29 Å². The number of hydrogen-bond acceptors (Lipinski definition) is 2. The topological polar surface area (TPSA) is 26.3 Å². The lowest BCUT2D eigenvalue weighted by Gasteiger charge is -2.16. The average molecular weight is 128 g/mol. The summed E-state index contributed by atoms with van der Waals surface area (Å²) in [5.41, 5.74) is -0.319. The molecule has 0 rings (SSSR count). The highest BCUT2D eigenvalue weighted by Crippen LogP contribution is 2.07. The van der Waals surface area contributed by atoms with Gasteiger partial charge in [-0.1, -0.05) is 6.08 Å². The molecule has 0 atom stereocenters. The molecular formula is C7H12O2. The number of ether oxygens (including phenoxy) is 1. The van der Waals surface area contributed by atoms with Crippen LogP contribution in [0.25, 0.3) is 0 Å². The molecule has 0 saturated carbocycles. The number of carbonyl (C=O) groups is 1. The Labute approximate surface area is 55.5 Å². The van der Waals surface area contributed by atoms with Crippen LogP contribution in [0.5, 0.6) is 0 Å². The number of hydrogen-bond donors (Lipinski definition) is 0. The van der Waals surface area contributed by atoms with Crippen molar-refractivity contribution in [1.82, 2.24) is 0 Å². The first-order chi connectivity index (χ1) is 4.12. The van der Waals surface area contributed by atoms with Gasteiger partial charge >= 0.3 is 0 Å². The van der Waals surface area contributed by atoms with Crippen molar-refractivity contribution in [2.45, 2.75) is 19.4 Å². The standard InChI is InChI=1S/C7H12O2/c1-7(2,9-3)5-4-6-8/h4-6H,1-3H3/b5-4+. The van der Waals surface area contributed by atoms with Gasteiger partial charge < -0.3 is 4.74 Å². The highest BCUT2D eigenvalue weighted by molar-refractivity contribution is 5.64. The Balaban J connectivity index is 3.84. The molecule has 2 heteroatoms. The monoisotopic (exact) mass is 128 g/mol. The predicted octanol–water partition coefficient (Wildman–Crippen LogP) is 1.17. The van der Waals surface area contributed by atoms with E-state index in [1.165, 1.54) is 6.08 Å². The second kappa shape index (κ2) is 3.41. The lowest BCUT2D eigenvalue weighted by molar-refractivity contribution is -0.104. The van der Waals surface area contributed by atoms with E-state index in [4.69, 9.17) is 4.74 Å². The molecule has 0 radical (unpaired) electrons. The van der Waals surface area contributed by atoms with Crippen LogP contribution in [0.4, 0.5) is 0 Å². The maximum atomic E-state index is 9.83. The van der Waals surface area contributed by atoms with Gasteiger partial charge in [0.15, 0.2) is 0 Å². The number of rotatable bonds is 3. The quantitative estimate of drug-likeness (QED) is 0.421. The Morgan fingerprint density at radius 2 is 2.00 bits per heavy atom. The molecule has 0 spiro atoms. The zero-order chi connectivity index (χ0) is 7.33. The molecule has 9 heavy (non-hydrogen) atoms. The Kier molecular flexibility index (Phi) is 3.17. The molecule has 0 saturated heterocycles. The van der Waals surface area contributed by atoms with Gasteiger partial charge in [-0.25, -0.2) is 0 Å². The third kappa shape index (κ3) is 3.91. The fourth-order valence-electron chi connectivity index (χ4n) is 0.339. The Bertz CT molecular complexity index is 114. The highest BCUT2D eigenvalue weighted by Gasteiger charge is 2.09. The van der Waals surface area contributed by atoms with Gasteiger partial charge in [-0.2, -0.15) is 0 Å². The maximum Gasteiger partial charge on any atom is 0.142 e. The molecule has 2 nitrogen and oxygen atoms in total. The summed E-state index contributed by atoms with van der Waals surface area (Å²) in [5, 5.41) is 0. The van der Waals surface area contributed by atoms with E-state index in [1.807, 2.05) is 13.8 Å². The van der Waals surface area contributed by atoms with Gasteiger partial charge in [0.05, 0.1) is 5.60 Å². The molecule has 0 aliphatic rings. The molecular weight excluding hydrogens is 116 g/mol. The van der Waals surface area contributed by atoms with E-state index in [1.54, 1.807) is 13.2 Å². The summed E-state index contributed by atoms with van der Waals surface area (Å²) in [6.07, 6.45) is 3.88. The first kappa shape index (κ1) is 8.37. The van der Waals surface area contributed by atoms with Gasteiger partial charge in [0, 0.05) is 7.11 Å². The van der Waals surface area contributed by atoms with Gasteiger partial charge in [-0.3, -0.25) is 4.79 Å². The highest BCUT2D eigenvalue weighted by atomic mass is 16.5. The molecule has 0 aromatic rings. The van der Waals surface area contributed by atoms with Gasteiger partial charge in [0.1, 0.15) is 6.29 Å². The van der Waals surface area contributed by atoms with E-state index in [0.29, 0.717) is 0 Å². The van der Waals surface area contributed by atoms with Crippen LogP contribution in [0.15, 0.2) is 12.2 Å². The minimum Gasteiger partial charge on any atom is -0.375 e. The molecule has 0 fully saturated rings. The van der Waals surface area contributed by atoms with Crippen molar-refractivity contribution in [3.63, 3.8) is 0 Å². The van der Waals surface area contributed by atoms with Crippen molar-refractivity contribution < 1.29 is 9.53 Å². The van der Waals surface area contributed by atoms with Gasteiger partial charge in [0.2, 0.25) is 0 Å². The first-order valence-electron chi connectivity index (χ1n) is 2.80. The zero-order valence-corrected chi connectivity index (χ0v) is 6.05. The molecule has 0 bridgehead atoms. The predicted molar refractivity (Wildman–Crippen MR) is 36.3 cm³/mol. The van der Waals surface area contributed by atoms with Crippen LogP contribution in [0, 0.1) is 0 Å². The molecule has 0 aliphatic heterocycles. The summed E-state index contributed by atoms with van der Waals surface area (Å²) in [4.78, 5) is 9.83. The molecule has 0 amide bonds. The van der Waals surface area contributed by atoms with Crippen LogP contribution in [0.2, 0.25) is 0 Å². The van der Waals surface area contributed by atoms with E-state index in [-0.39, 0.29) is 5.60 Å². The molecule has 52 valence electrons. The largest absolute Gasteiger partial charge is 0.375 e. The number of carbonyl (C=O) groups excluding carboxylic acids is 1. The molecule has 0 aromatic carbocycles. The zero-order valence-electron chi connectivity index (χ0n) is 6.05. The van der Waals surface area contributed by atoms with E-state index in [9.17, 15) is 4.79 Å². The Hall–Kier alpha value is -0.630. The molecule has 0 unspecified atom stereocenters. The molecule has 0 aliphatic carbocycles. The second-order valence-corrected chi connectivity index (χ2v) is 2.30. The van der Waals surface area contributed by atoms with Crippen molar-refractivity contribution in [3.05, 3.63) is 12.2 Å². The van der Waals surface area contributed by atoms with Crippen LogP contribution in [-0.4, -0.2) is 19.0 Å². The van der Waals surface area contributed by atoms with Crippen LogP contribution in [0.3, 0.4) is 0 Å². The van der Waals surface area contributed by atoms with Gasteiger partial charge in [0.25, 0.3) is 0 Å². The molecule has 0 N–H and O–H groups in total. The fourth-order valence-corrected chi connectivity index (χ4v) is 0.339. The van der Waals surface area contributed by atoms with Gasteiger partial charge in [-0.15, -0.1) is 0 Å². The van der Waals surface area contributed by atoms with E-state index in [0.717, 1.165) is 6.29 Å². The fraction of sp³-hybridized carbons (Fsp3) is 0.571. The summed E-state index contributed by atoms with van der Waals surface area (Å²) in [7, 11) is 1.61. The third-order valence-corrected chi connectivity index (χ3v) is 1.10. The SMILES string of the molecule is COC(C)(C)/C=C/C=O. The van der Waals surface area contributed by atoms with Crippen LogP contribution in [0.1, 0.15) is 13.8 Å². The molecule has 0 heterocycles. The minimum absolute atomic E-state index is 0.319. The lowest BCUT2D eigenvalue weighted by atomic mass is 10.1. The van der Waals surface area contributed by atoms with E-state index >= 15 is 0 Å². The summed E-state index contributed by atoms with van der Waals surface area (Å²) in [5.74, 6) is 0.